The van der Waals surface area contributed by atoms with E-state index in [9.17, 15) is 4.79 Å². The molecule has 272 valence electrons. The highest BCUT2D eigenvalue weighted by Gasteiger charge is 2.20. The fourth-order valence-electron chi connectivity index (χ4n) is 6.03. The van der Waals surface area contributed by atoms with Gasteiger partial charge in [-0.1, -0.05) is 50.2 Å². The smallest absolute Gasteiger partial charge is 0.246 e. The maximum atomic E-state index is 13.1. The van der Waals surface area contributed by atoms with Crippen LogP contribution in [0.1, 0.15) is 58.0 Å². The Kier molecular flexibility index (Phi) is 13.8. The zero-order chi connectivity index (χ0) is 35.6. The van der Waals surface area contributed by atoms with E-state index in [1.807, 2.05) is 43.0 Å². The molecule has 3 heterocycles. The van der Waals surface area contributed by atoms with E-state index in [-0.39, 0.29) is 18.3 Å². The van der Waals surface area contributed by atoms with Crippen LogP contribution in [0, 0.1) is 13.8 Å². The van der Waals surface area contributed by atoms with Crippen molar-refractivity contribution in [1.82, 2.24) is 19.8 Å². The monoisotopic (exact) mass is 738 g/mol. The molecule has 1 fully saturated rings. The van der Waals surface area contributed by atoms with Crippen molar-refractivity contribution in [2.75, 3.05) is 32.8 Å². The Morgan fingerprint density at radius 2 is 1.56 bits per heavy atom. The molecule has 52 heavy (non-hydrogen) atoms. The van der Waals surface area contributed by atoms with E-state index < -0.39 is 0 Å². The normalized spacial score (nSPS) is 13.3. The number of pyridine rings is 1. The first-order chi connectivity index (χ1) is 24.8. The third-order valence-corrected chi connectivity index (χ3v) is 9.75. The van der Waals surface area contributed by atoms with E-state index in [4.69, 9.17) is 14.2 Å². The number of amides is 1. The van der Waals surface area contributed by atoms with Crippen LogP contribution < -0.4 is 14.2 Å². The number of ether oxygens (including phenoxy) is 3. The number of rotatable bonds is 14. The van der Waals surface area contributed by atoms with Crippen LogP contribution >= 0.6 is 23.7 Å². The molecule has 3 aromatic carbocycles. The fourth-order valence-corrected chi connectivity index (χ4v) is 6.54. The van der Waals surface area contributed by atoms with E-state index in [1.165, 1.54) is 16.7 Å². The zero-order valence-corrected chi connectivity index (χ0v) is 31.9. The van der Waals surface area contributed by atoms with Gasteiger partial charge in [0.25, 0.3) is 0 Å². The van der Waals surface area contributed by atoms with Crippen LogP contribution in [-0.4, -0.2) is 58.5 Å². The van der Waals surface area contributed by atoms with Crippen molar-refractivity contribution in [1.29, 1.82) is 0 Å². The average molecular weight is 739 g/mol. The molecule has 8 nitrogen and oxygen atoms in total. The number of benzene rings is 3. The van der Waals surface area contributed by atoms with E-state index in [0.29, 0.717) is 43.9 Å². The van der Waals surface area contributed by atoms with Gasteiger partial charge in [-0.05, 0) is 89.6 Å². The standard InChI is InChI=1S/C42H46N4O4S.ClH/c1-30(2)36-10-12-37(13-11-36)48-22-17-33-5-7-34(8-6-33)27-45-18-20-46(21-19-45)41(47)16-9-35-23-31(3)42(32(4)24-35)50-40-15-14-38(25-44-40)49-28-39-26-43-29-51-39;/h5-16,23-26,29-30H,17-22,27-28H2,1-4H3;1H. The van der Waals surface area contributed by atoms with Crippen LogP contribution in [-0.2, 0) is 24.4 Å². The van der Waals surface area contributed by atoms with Crippen LogP contribution in [0.5, 0.6) is 23.1 Å². The molecule has 0 unspecified atom stereocenters. The lowest BCUT2D eigenvalue weighted by Gasteiger charge is -2.34. The number of hydrogen-bond donors (Lipinski definition) is 0. The summed E-state index contributed by atoms with van der Waals surface area (Å²) in [6, 6.07) is 24.9. The molecule has 0 spiro atoms. The molecule has 2 aromatic heterocycles. The molecule has 0 aliphatic carbocycles. The predicted molar refractivity (Wildman–Crippen MR) is 211 cm³/mol. The Balaban J connectivity index is 0.00000523. The fraction of sp³-hybridized carbons (Fsp3) is 0.310. The summed E-state index contributed by atoms with van der Waals surface area (Å²) in [6.45, 7) is 13.5. The Hall–Kier alpha value is -4.70. The first-order valence-corrected chi connectivity index (χ1v) is 18.4. The highest BCUT2D eigenvalue weighted by atomic mass is 35.5. The van der Waals surface area contributed by atoms with Crippen molar-refractivity contribution in [3.8, 4) is 23.1 Å². The minimum atomic E-state index is 0. The van der Waals surface area contributed by atoms with E-state index >= 15 is 0 Å². The number of carbonyl (C=O) groups excluding carboxylic acids is 1. The highest BCUT2D eigenvalue weighted by molar-refractivity contribution is 7.09. The topological polar surface area (TPSA) is 77.0 Å². The van der Waals surface area contributed by atoms with Gasteiger partial charge < -0.3 is 19.1 Å². The van der Waals surface area contributed by atoms with Gasteiger partial charge in [-0.2, -0.15) is 0 Å². The number of halogens is 1. The molecular weight excluding hydrogens is 692 g/mol. The number of piperazine rings is 1. The molecular formula is C42H47ClN4O4S. The lowest BCUT2D eigenvalue weighted by atomic mass is 10.0. The molecule has 0 saturated carbocycles. The summed E-state index contributed by atoms with van der Waals surface area (Å²) >= 11 is 1.55. The molecule has 10 heteroatoms. The van der Waals surface area contributed by atoms with Gasteiger partial charge in [0.15, 0.2) is 0 Å². The summed E-state index contributed by atoms with van der Waals surface area (Å²) in [6.07, 6.45) is 7.90. The average Bonchev–Trinajstić information content (AvgIpc) is 3.67. The Morgan fingerprint density at radius 3 is 2.19 bits per heavy atom. The van der Waals surface area contributed by atoms with Crippen LogP contribution in [0.25, 0.3) is 6.08 Å². The van der Waals surface area contributed by atoms with E-state index in [2.05, 4.69) is 77.2 Å². The number of aromatic nitrogens is 2. The molecule has 0 radical (unpaired) electrons. The summed E-state index contributed by atoms with van der Waals surface area (Å²) in [4.78, 5) is 27.0. The third-order valence-electron chi connectivity index (χ3n) is 9.00. The summed E-state index contributed by atoms with van der Waals surface area (Å²) < 4.78 is 17.9. The molecule has 0 N–H and O–H groups in total. The van der Waals surface area contributed by atoms with Crippen LogP contribution in [0.15, 0.2) is 96.8 Å². The number of thiazole rings is 1. The van der Waals surface area contributed by atoms with Crippen LogP contribution in [0.2, 0.25) is 0 Å². The second-order valence-corrected chi connectivity index (χ2v) is 14.2. The number of aryl methyl sites for hydroxylation is 2. The van der Waals surface area contributed by atoms with Gasteiger partial charge in [0.1, 0.15) is 23.9 Å². The number of hydrogen-bond acceptors (Lipinski definition) is 8. The van der Waals surface area contributed by atoms with Gasteiger partial charge in [-0.25, -0.2) is 4.98 Å². The van der Waals surface area contributed by atoms with Gasteiger partial charge in [0.05, 0.1) is 23.2 Å². The van der Waals surface area contributed by atoms with Gasteiger partial charge in [0.2, 0.25) is 11.8 Å². The highest BCUT2D eigenvalue weighted by Crippen LogP contribution is 2.30. The summed E-state index contributed by atoms with van der Waals surface area (Å²) in [5, 5.41) is 0. The molecule has 1 saturated heterocycles. The number of nitrogens with zero attached hydrogens (tertiary/aromatic N) is 4. The molecule has 0 bridgehead atoms. The Labute approximate surface area is 317 Å². The van der Waals surface area contributed by atoms with Crippen molar-refractivity contribution >= 4 is 35.7 Å². The molecule has 1 aliphatic heterocycles. The molecule has 1 amide bonds. The Bertz CT molecular complexity index is 1870. The summed E-state index contributed by atoms with van der Waals surface area (Å²) in [7, 11) is 0. The maximum Gasteiger partial charge on any atom is 0.246 e. The van der Waals surface area contributed by atoms with Gasteiger partial charge in [0, 0.05) is 57.5 Å². The SMILES string of the molecule is Cc1cc(C=CC(=O)N2CCN(Cc3ccc(CCOc4ccc(C(C)C)cc4)cc3)CC2)cc(C)c1Oc1ccc(OCc2cncs2)cn1.Cl. The minimum absolute atomic E-state index is 0. The van der Waals surface area contributed by atoms with Crippen molar-refractivity contribution in [2.45, 2.75) is 53.2 Å². The van der Waals surface area contributed by atoms with E-state index in [0.717, 1.165) is 59.1 Å². The zero-order valence-electron chi connectivity index (χ0n) is 30.3. The second-order valence-electron chi connectivity index (χ2n) is 13.2. The third kappa shape index (κ3) is 10.9. The van der Waals surface area contributed by atoms with Crippen molar-refractivity contribution < 1.29 is 19.0 Å². The lowest BCUT2D eigenvalue weighted by Crippen LogP contribution is -2.47. The van der Waals surface area contributed by atoms with Crippen LogP contribution in [0.4, 0.5) is 0 Å². The number of carbonyl (C=O) groups is 1. The molecule has 6 rings (SSSR count). The van der Waals surface area contributed by atoms with Gasteiger partial charge in [-0.3, -0.25) is 14.7 Å². The quantitative estimate of drug-likeness (QED) is 0.105. The summed E-state index contributed by atoms with van der Waals surface area (Å²) in [5.74, 6) is 3.39. The molecule has 0 atom stereocenters. The summed E-state index contributed by atoms with van der Waals surface area (Å²) in [5.41, 5.74) is 8.56. The van der Waals surface area contributed by atoms with Gasteiger partial charge >= 0.3 is 0 Å². The second kappa shape index (κ2) is 18.7. The molecule has 5 aromatic rings. The molecule has 1 aliphatic rings. The van der Waals surface area contributed by atoms with Gasteiger partial charge in [-0.15, -0.1) is 23.7 Å². The largest absolute Gasteiger partial charge is 0.493 e. The minimum Gasteiger partial charge on any atom is -0.493 e. The lowest BCUT2D eigenvalue weighted by molar-refractivity contribution is -0.127. The van der Waals surface area contributed by atoms with Crippen molar-refractivity contribution in [2.24, 2.45) is 0 Å². The first-order valence-electron chi connectivity index (χ1n) is 17.5. The van der Waals surface area contributed by atoms with Crippen molar-refractivity contribution in [3.05, 3.63) is 135 Å². The predicted octanol–water partition coefficient (Wildman–Crippen LogP) is 9.05. The van der Waals surface area contributed by atoms with Crippen LogP contribution in [0.3, 0.4) is 0 Å². The maximum absolute atomic E-state index is 13.1. The van der Waals surface area contributed by atoms with Crippen molar-refractivity contribution in [3.63, 3.8) is 0 Å². The Morgan fingerprint density at radius 1 is 0.865 bits per heavy atom. The first kappa shape index (κ1) is 38.5. The van der Waals surface area contributed by atoms with E-state index in [1.54, 1.807) is 41.4 Å².